The highest BCUT2D eigenvalue weighted by Gasteiger charge is 2.40. The van der Waals surface area contributed by atoms with Crippen LogP contribution in [0.15, 0.2) is 47.4 Å². The SMILES string of the molecule is CC[C@@]1(CCCO)CCN([C@@H](C)c2ccc(-c3ccc(=O)[nH]c3)cc2)C(=O)O1. The van der Waals surface area contributed by atoms with Crippen molar-refractivity contribution < 1.29 is 14.6 Å². The molecule has 0 aliphatic carbocycles. The lowest BCUT2D eigenvalue weighted by Gasteiger charge is -2.43. The van der Waals surface area contributed by atoms with Gasteiger partial charge in [0.25, 0.3) is 0 Å². The second-order valence-electron chi connectivity index (χ2n) is 7.41. The first-order chi connectivity index (χ1) is 13.5. The second-order valence-corrected chi connectivity index (χ2v) is 7.41. The van der Waals surface area contributed by atoms with Crippen molar-refractivity contribution in [2.45, 2.75) is 51.2 Å². The van der Waals surface area contributed by atoms with E-state index >= 15 is 0 Å². The van der Waals surface area contributed by atoms with Gasteiger partial charge in [0.1, 0.15) is 5.60 Å². The Kier molecular flexibility index (Phi) is 6.19. The van der Waals surface area contributed by atoms with Crippen LogP contribution in [0.5, 0.6) is 0 Å². The molecule has 0 bridgehead atoms. The fourth-order valence-electron chi connectivity index (χ4n) is 3.79. The molecule has 1 saturated heterocycles. The molecule has 1 aliphatic rings. The van der Waals surface area contributed by atoms with E-state index in [4.69, 9.17) is 9.84 Å². The van der Waals surface area contributed by atoms with Crippen LogP contribution in [-0.4, -0.2) is 39.8 Å². The van der Waals surface area contributed by atoms with Crippen LogP contribution in [0.2, 0.25) is 0 Å². The van der Waals surface area contributed by atoms with Gasteiger partial charge in [0, 0.05) is 31.8 Å². The Morgan fingerprint density at radius 3 is 2.46 bits per heavy atom. The van der Waals surface area contributed by atoms with Crippen molar-refractivity contribution >= 4 is 6.09 Å². The van der Waals surface area contributed by atoms with Crippen LogP contribution >= 0.6 is 0 Å². The van der Waals surface area contributed by atoms with Gasteiger partial charge in [0.05, 0.1) is 6.04 Å². The van der Waals surface area contributed by atoms with E-state index in [1.54, 1.807) is 17.2 Å². The molecule has 0 radical (unpaired) electrons. The van der Waals surface area contributed by atoms with Crippen molar-refractivity contribution in [2.75, 3.05) is 13.2 Å². The summed E-state index contributed by atoms with van der Waals surface area (Å²) in [6, 6.07) is 11.2. The van der Waals surface area contributed by atoms with Crippen molar-refractivity contribution in [3.05, 3.63) is 58.5 Å². The molecule has 3 rings (SSSR count). The number of pyridine rings is 1. The number of aromatic amines is 1. The number of ether oxygens (including phenoxy) is 1. The minimum atomic E-state index is -0.454. The van der Waals surface area contributed by atoms with E-state index in [2.05, 4.69) is 4.98 Å². The molecule has 1 aromatic carbocycles. The number of rotatable bonds is 7. The normalized spacial score (nSPS) is 20.7. The molecule has 2 heterocycles. The fourth-order valence-corrected chi connectivity index (χ4v) is 3.79. The van der Waals surface area contributed by atoms with Gasteiger partial charge in [0.2, 0.25) is 5.56 Å². The van der Waals surface area contributed by atoms with Gasteiger partial charge in [-0.1, -0.05) is 31.2 Å². The number of aliphatic hydroxyl groups excluding tert-OH is 1. The summed E-state index contributed by atoms with van der Waals surface area (Å²) >= 11 is 0. The Morgan fingerprint density at radius 1 is 1.18 bits per heavy atom. The number of H-pyrrole nitrogens is 1. The standard InChI is InChI=1S/C22H28N2O4/c1-3-22(11-4-14-25)12-13-24(21(27)28-22)16(2)17-5-7-18(8-6-17)19-9-10-20(26)23-15-19/h5-10,15-16,25H,3-4,11-14H2,1-2H3,(H,23,26)/t16-,22+/m0/s1. The third-order valence-corrected chi connectivity index (χ3v) is 5.76. The van der Waals surface area contributed by atoms with Gasteiger partial charge in [0.15, 0.2) is 0 Å². The van der Waals surface area contributed by atoms with Crippen LogP contribution in [0.3, 0.4) is 0 Å². The number of aliphatic hydroxyl groups is 1. The van der Waals surface area contributed by atoms with Crippen molar-refractivity contribution in [2.24, 2.45) is 0 Å². The number of hydrogen-bond acceptors (Lipinski definition) is 4. The molecule has 0 saturated carbocycles. The maximum absolute atomic E-state index is 12.7. The highest BCUT2D eigenvalue weighted by molar-refractivity contribution is 5.70. The monoisotopic (exact) mass is 384 g/mol. The number of amides is 1. The molecule has 2 atom stereocenters. The van der Waals surface area contributed by atoms with E-state index in [9.17, 15) is 9.59 Å². The Morgan fingerprint density at radius 2 is 1.89 bits per heavy atom. The van der Waals surface area contributed by atoms with Crippen LogP contribution in [0.4, 0.5) is 4.79 Å². The van der Waals surface area contributed by atoms with E-state index in [-0.39, 0.29) is 24.3 Å². The summed E-state index contributed by atoms with van der Waals surface area (Å²) in [6.45, 7) is 4.78. The average molecular weight is 384 g/mol. The zero-order valence-corrected chi connectivity index (χ0v) is 16.5. The van der Waals surface area contributed by atoms with Gasteiger partial charge >= 0.3 is 6.09 Å². The molecular formula is C22H28N2O4. The number of nitrogens with one attached hydrogen (secondary N) is 1. The van der Waals surface area contributed by atoms with Crippen molar-refractivity contribution in [1.29, 1.82) is 0 Å². The van der Waals surface area contributed by atoms with Gasteiger partial charge in [-0.25, -0.2) is 4.79 Å². The van der Waals surface area contributed by atoms with Crippen LogP contribution < -0.4 is 5.56 Å². The number of benzene rings is 1. The van der Waals surface area contributed by atoms with Crippen molar-refractivity contribution in [3.8, 4) is 11.1 Å². The number of nitrogens with zero attached hydrogens (tertiary/aromatic N) is 1. The number of hydrogen-bond donors (Lipinski definition) is 2. The zero-order valence-electron chi connectivity index (χ0n) is 16.5. The lowest BCUT2D eigenvalue weighted by molar-refractivity contribution is -0.0653. The molecule has 28 heavy (non-hydrogen) atoms. The topological polar surface area (TPSA) is 82.6 Å². The molecule has 6 nitrogen and oxygen atoms in total. The summed E-state index contributed by atoms with van der Waals surface area (Å²) in [4.78, 5) is 28.3. The van der Waals surface area contributed by atoms with Crippen LogP contribution in [0.1, 0.15) is 51.1 Å². The van der Waals surface area contributed by atoms with Crippen molar-refractivity contribution in [1.82, 2.24) is 9.88 Å². The first kappa shape index (κ1) is 20.1. The minimum absolute atomic E-state index is 0.0928. The van der Waals surface area contributed by atoms with E-state index < -0.39 is 5.60 Å². The Balaban J connectivity index is 1.70. The third-order valence-electron chi connectivity index (χ3n) is 5.76. The summed E-state index contributed by atoms with van der Waals surface area (Å²) in [5, 5.41) is 9.11. The molecule has 1 aliphatic heterocycles. The molecular weight excluding hydrogens is 356 g/mol. The summed E-state index contributed by atoms with van der Waals surface area (Å²) in [6.07, 6.45) is 4.27. The number of carbonyl (C=O) groups excluding carboxylic acids is 1. The molecule has 0 spiro atoms. The Bertz CT molecular complexity index is 841. The van der Waals surface area contributed by atoms with Gasteiger partial charge in [-0.05, 0) is 48.9 Å². The average Bonchev–Trinajstić information content (AvgIpc) is 2.72. The highest BCUT2D eigenvalue weighted by atomic mass is 16.6. The molecule has 1 aromatic heterocycles. The van der Waals surface area contributed by atoms with Crippen molar-refractivity contribution in [3.63, 3.8) is 0 Å². The first-order valence-corrected chi connectivity index (χ1v) is 9.87. The Hall–Kier alpha value is -2.60. The molecule has 1 amide bonds. The maximum Gasteiger partial charge on any atom is 0.410 e. The summed E-state index contributed by atoms with van der Waals surface area (Å²) in [5.41, 5.74) is 2.39. The van der Waals surface area contributed by atoms with Gasteiger partial charge in [-0.2, -0.15) is 0 Å². The minimum Gasteiger partial charge on any atom is -0.443 e. The second kappa shape index (κ2) is 8.61. The molecule has 2 N–H and O–H groups in total. The van der Waals surface area contributed by atoms with Gasteiger partial charge < -0.3 is 19.7 Å². The van der Waals surface area contributed by atoms with E-state index in [0.29, 0.717) is 19.4 Å². The summed E-state index contributed by atoms with van der Waals surface area (Å²) in [5.74, 6) is 0. The molecule has 1 fully saturated rings. The zero-order chi connectivity index (χ0) is 20.1. The maximum atomic E-state index is 12.7. The molecule has 0 unspecified atom stereocenters. The number of cyclic esters (lactones) is 1. The largest absolute Gasteiger partial charge is 0.443 e. The van der Waals surface area contributed by atoms with Gasteiger partial charge in [-0.3, -0.25) is 4.79 Å². The predicted molar refractivity (Wildman–Crippen MR) is 108 cm³/mol. The molecule has 150 valence electrons. The smallest absolute Gasteiger partial charge is 0.410 e. The summed E-state index contributed by atoms with van der Waals surface area (Å²) in [7, 11) is 0. The van der Waals surface area contributed by atoms with E-state index in [0.717, 1.165) is 29.5 Å². The Labute approximate surface area is 165 Å². The number of aromatic nitrogens is 1. The predicted octanol–water partition coefficient (Wildman–Crippen LogP) is 3.87. The van der Waals surface area contributed by atoms with Crippen LogP contribution in [-0.2, 0) is 4.74 Å². The quantitative estimate of drug-likeness (QED) is 0.759. The van der Waals surface area contributed by atoms with Crippen LogP contribution in [0.25, 0.3) is 11.1 Å². The number of carbonyl (C=O) groups is 1. The summed E-state index contributed by atoms with van der Waals surface area (Å²) < 4.78 is 5.83. The highest BCUT2D eigenvalue weighted by Crippen LogP contribution is 2.35. The van der Waals surface area contributed by atoms with E-state index in [1.807, 2.05) is 38.1 Å². The molecule has 2 aromatic rings. The first-order valence-electron chi connectivity index (χ1n) is 9.87. The van der Waals surface area contributed by atoms with E-state index in [1.165, 1.54) is 6.07 Å². The van der Waals surface area contributed by atoms with Crippen LogP contribution in [0, 0.1) is 0 Å². The fraction of sp³-hybridized carbons (Fsp3) is 0.455. The van der Waals surface area contributed by atoms with Gasteiger partial charge in [-0.15, -0.1) is 0 Å². The third kappa shape index (κ3) is 4.28. The lowest BCUT2D eigenvalue weighted by atomic mass is 9.89. The lowest BCUT2D eigenvalue weighted by Crippen LogP contribution is -2.50. The molecule has 6 heteroatoms.